The van der Waals surface area contributed by atoms with E-state index in [-0.39, 0.29) is 0 Å². The van der Waals surface area contributed by atoms with Gasteiger partial charge in [-0.15, -0.1) is 0 Å². The molecule has 2 rings (SSSR count). The Kier molecular flexibility index (Phi) is 3.73. The topological polar surface area (TPSA) is 34.0 Å². The SMILES string of the molecule is COc1ccc(/N=N/c2ccc(Cl)cc2)cc1. The van der Waals surface area contributed by atoms with Crippen LogP contribution in [0.3, 0.4) is 0 Å². The molecule has 0 heterocycles. The normalized spacial score (nSPS) is 10.7. The third-order valence-corrected chi connectivity index (χ3v) is 2.43. The van der Waals surface area contributed by atoms with Gasteiger partial charge in [-0.3, -0.25) is 0 Å². The van der Waals surface area contributed by atoms with Gasteiger partial charge in [0.1, 0.15) is 5.75 Å². The molecule has 0 radical (unpaired) electrons. The Morgan fingerprint density at radius 2 is 1.29 bits per heavy atom. The molecule has 2 aromatic carbocycles. The number of halogens is 1. The summed E-state index contributed by atoms with van der Waals surface area (Å²) in [4.78, 5) is 0. The molecular weight excluding hydrogens is 236 g/mol. The van der Waals surface area contributed by atoms with Crippen LogP contribution in [0.1, 0.15) is 0 Å². The lowest BCUT2D eigenvalue weighted by atomic mass is 10.3. The highest BCUT2D eigenvalue weighted by Gasteiger charge is 1.93. The monoisotopic (exact) mass is 246 g/mol. The van der Waals surface area contributed by atoms with Gasteiger partial charge in [0.2, 0.25) is 0 Å². The predicted molar refractivity (Wildman–Crippen MR) is 68.6 cm³/mol. The van der Waals surface area contributed by atoms with Crippen molar-refractivity contribution < 1.29 is 4.74 Å². The molecule has 0 N–H and O–H groups in total. The molecule has 2 aromatic rings. The van der Waals surface area contributed by atoms with Crippen molar-refractivity contribution in [3.8, 4) is 5.75 Å². The Hall–Kier alpha value is -1.87. The number of nitrogens with zero attached hydrogens (tertiary/aromatic N) is 2. The lowest BCUT2D eigenvalue weighted by Crippen LogP contribution is -1.79. The van der Waals surface area contributed by atoms with E-state index in [4.69, 9.17) is 16.3 Å². The van der Waals surface area contributed by atoms with E-state index in [1.165, 1.54) is 0 Å². The molecule has 17 heavy (non-hydrogen) atoms. The van der Waals surface area contributed by atoms with E-state index < -0.39 is 0 Å². The third-order valence-electron chi connectivity index (χ3n) is 2.18. The van der Waals surface area contributed by atoms with Gasteiger partial charge >= 0.3 is 0 Å². The van der Waals surface area contributed by atoms with Gasteiger partial charge in [-0.1, -0.05) is 11.6 Å². The standard InChI is InChI=1S/C13H11ClN2O/c1-17-13-8-6-12(7-9-13)16-15-11-4-2-10(14)3-5-11/h2-9H,1H3/b16-15+. The molecule has 0 spiro atoms. The Bertz CT molecular complexity index is 506. The second kappa shape index (κ2) is 5.46. The van der Waals surface area contributed by atoms with E-state index in [2.05, 4.69) is 10.2 Å². The largest absolute Gasteiger partial charge is 0.497 e. The van der Waals surface area contributed by atoms with Crippen LogP contribution in [0.25, 0.3) is 0 Å². The van der Waals surface area contributed by atoms with Gasteiger partial charge < -0.3 is 4.74 Å². The van der Waals surface area contributed by atoms with Crippen LogP contribution in [-0.2, 0) is 0 Å². The summed E-state index contributed by atoms with van der Waals surface area (Å²) in [7, 11) is 1.63. The summed E-state index contributed by atoms with van der Waals surface area (Å²) in [6.45, 7) is 0. The van der Waals surface area contributed by atoms with E-state index in [0.717, 1.165) is 17.1 Å². The van der Waals surface area contributed by atoms with Crippen molar-refractivity contribution in [3.63, 3.8) is 0 Å². The number of rotatable bonds is 3. The van der Waals surface area contributed by atoms with E-state index in [0.29, 0.717) is 5.02 Å². The summed E-state index contributed by atoms with van der Waals surface area (Å²) in [6, 6.07) is 14.6. The van der Waals surface area contributed by atoms with Crippen molar-refractivity contribution in [2.24, 2.45) is 10.2 Å². The van der Waals surface area contributed by atoms with Crippen molar-refractivity contribution in [1.29, 1.82) is 0 Å². The summed E-state index contributed by atoms with van der Waals surface area (Å²) < 4.78 is 5.06. The van der Waals surface area contributed by atoms with Gasteiger partial charge in [-0.2, -0.15) is 10.2 Å². The van der Waals surface area contributed by atoms with Crippen LogP contribution in [0.15, 0.2) is 58.8 Å². The average molecular weight is 247 g/mol. The van der Waals surface area contributed by atoms with E-state index in [1.54, 1.807) is 19.2 Å². The highest BCUT2D eigenvalue weighted by atomic mass is 35.5. The molecule has 0 unspecified atom stereocenters. The molecule has 0 aromatic heterocycles. The third kappa shape index (κ3) is 3.29. The zero-order valence-corrected chi connectivity index (χ0v) is 10.1. The molecule has 0 aliphatic heterocycles. The van der Waals surface area contributed by atoms with Crippen LogP contribution in [0.5, 0.6) is 5.75 Å². The van der Waals surface area contributed by atoms with Gasteiger partial charge in [0.05, 0.1) is 18.5 Å². The quantitative estimate of drug-likeness (QED) is 0.719. The van der Waals surface area contributed by atoms with Gasteiger partial charge in [0.25, 0.3) is 0 Å². The maximum Gasteiger partial charge on any atom is 0.119 e. The van der Waals surface area contributed by atoms with Crippen LogP contribution in [0.2, 0.25) is 5.02 Å². The molecule has 0 atom stereocenters. The van der Waals surface area contributed by atoms with Crippen molar-refractivity contribution >= 4 is 23.0 Å². The first-order valence-corrected chi connectivity index (χ1v) is 5.47. The summed E-state index contributed by atoms with van der Waals surface area (Å²) in [5.41, 5.74) is 1.55. The molecule has 0 saturated heterocycles. The molecule has 0 bridgehead atoms. The van der Waals surface area contributed by atoms with Crippen LogP contribution < -0.4 is 4.74 Å². The van der Waals surface area contributed by atoms with Crippen molar-refractivity contribution in [2.75, 3.05) is 7.11 Å². The lowest BCUT2D eigenvalue weighted by molar-refractivity contribution is 0.415. The predicted octanol–water partition coefficient (Wildman–Crippen LogP) is 4.76. The number of hydrogen-bond donors (Lipinski definition) is 0. The molecule has 86 valence electrons. The fourth-order valence-electron chi connectivity index (χ4n) is 1.27. The minimum absolute atomic E-state index is 0.688. The molecule has 0 amide bonds. The average Bonchev–Trinajstić information content (AvgIpc) is 2.39. The number of ether oxygens (including phenoxy) is 1. The fraction of sp³-hybridized carbons (Fsp3) is 0.0769. The zero-order chi connectivity index (χ0) is 12.1. The fourth-order valence-corrected chi connectivity index (χ4v) is 1.40. The molecule has 0 fully saturated rings. The lowest BCUT2D eigenvalue weighted by Gasteiger charge is -1.98. The van der Waals surface area contributed by atoms with E-state index >= 15 is 0 Å². The second-order valence-corrected chi connectivity index (χ2v) is 3.81. The van der Waals surface area contributed by atoms with Crippen LogP contribution in [-0.4, -0.2) is 7.11 Å². The second-order valence-electron chi connectivity index (χ2n) is 3.37. The molecule has 3 nitrogen and oxygen atoms in total. The van der Waals surface area contributed by atoms with Crippen molar-refractivity contribution in [2.45, 2.75) is 0 Å². The van der Waals surface area contributed by atoms with Gasteiger partial charge in [-0.05, 0) is 48.5 Å². The first-order chi connectivity index (χ1) is 8.28. The number of methoxy groups -OCH3 is 1. The number of azo groups is 1. The highest BCUT2D eigenvalue weighted by molar-refractivity contribution is 6.30. The molecule has 0 aliphatic rings. The maximum absolute atomic E-state index is 5.78. The smallest absolute Gasteiger partial charge is 0.119 e. The summed E-state index contributed by atoms with van der Waals surface area (Å²) >= 11 is 5.78. The van der Waals surface area contributed by atoms with Crippen molar-refractivity contribution in [1.82, 2.24) is 0 Å². The molecule has 0 aliphatic carbocycles. The van der Waals surface area contributed by atoms with Gasteiger partial charge in [0.15, 0.2) is 0 Å². The highest BCUT2D eigenvalue weighted by Crippen LogP contribution is 2.22. The summed E-state index contributed by atoms with van der Waals surface area (Å²) in [6.07, 6.45) is 0. The van der Waals surface area contributed by atoms with Crippen LogP contribution in [0, 0.1) is 0 Å². The Morgan fingerprint density at radius 1 is 0.824 bits per heavy atom. The van der Waals surface area contributed by atoms with Crippen LogP contribution >= 0.6 is 11.6 Å². The maximum atomic E-state index is 5.78. The Labute approximate surface area is 105 Å². The minimum Gasteiger partial charge on any atom is -0.497 e. The van der Waals surface area contributed by atoms with Gasteiger partial charge in [0, 0.05) is 5.02 Å². The van der Waals surface area contributed by atoms with Gasteiger partial charge in [-0.25, -0.2) is 0 Å². The first kappa shape index (κ1) is 11.6. The summed E-state index contributed by atoms with van der Waals surface area (Å²) in [5.74, 6) is 0.801. The molecule has 4 heteroatoms. The van der Waals surface area contributed by atoms with E-state index in [9.17, 15) is 0 Å². The first-order valence-electron chi connectivity index (χ1n) is 5.09. The Morgan fingerprint density at radius 3 is 1.76 bits per heavy atom. The molecular formula is C13H11ClN2O. The van der Waals surface area contributed by atoms with Crippen LogP contribution in [0.4, 0.5) is 11.4 Å². The Balaban J connectivity index is 2.11. The zero-order valence-electron chi connectivity index (χ0n) is 9.30. The molecule has 0 saturated carbocycles. The minimum atomic E-state index is 0.688. The van der Waals surface area contributed by atoms with Crippen molar-refractivity contribution in [3.05, 3.63) is 53.6 Å². The number of hydrogen-bond acceptors (Lipinski definition) is 3. The number of benzene rings is 2. The summed E-state index contributed by atoms with van der Waals surface area (Å²) in [5, 5.41) is 8.89. The van der Waals surface area contributed by atoms with E-state index in [1.807, 2.05) is 36.4 Å².